The van der Waals surface area contributed by atoms with Crippen molar-refractivity contribution in [2.45, 2.75) is 56.2 Å². The zero-order valence-electron chi connectivity index (χ0n) is 15.2. The lowest BCUT2D eigenvalue weighted by Gasteiger charge is -2.25. The molecule has 0 radical (unpaired) electrons. The quantitative estimate of drug-likeness (QED) is 0.812. The molecular weight excluding hydrogens is 360 g/mol. The molecule has 1 fully saturated rings. The maximum Gasteiger partial charge on any atom is 0.243 e. The molecule has 0 bridgehead atoms. The van der Waals surface area contributed by atoms with E-state index in [1.807, 2.05) is 20.8 Å². The monoisotopic (exact) mass is 388 g/mol. The van der Waals surface area contributed by atoms with Gasteiger partial charge in [0.15, 0.2) is 0 Å². The number of piperidine rings is 1. The van der Waals surface area contributed by atoms with Crippen LogP contribution >= 0.6 is 0 Å². The van der Waals surface area contributed by atoms with Crippen molar-refractivity contribution >= 4 is 20.0 Å². The van der Waals surface area contributed by atoms with Gasteiger partial charge in [-0.2, -0.15) is 4.31 Å². The van der Waals surface area contributed by atoms with E-state index in [1.54, 1.807) is 0 Å². The third-order valence-electron chi connectivity index (χ3n) is 4.25. The highest BCUT2D eigenvalue weighted by atomic mass is 32.2. The van der Waals surface area contributed by atoms with E-state index in [0.29, 0.717) is 26.1 Å². The Morgan fingerprint density at radius 2 is 1.44 bits per heavy atom. The van der Waals surface area contributed by atoms with E-state index < -0.39 is 20.0 Å². The molecule has 0 spiro atoms. The Morgan fingerprint density at radius 3 is 1.96 bits per heavy atom. The third-order valence-corrected chi connectivity index (χ3v) is 7.64. The molecule has 0 saturated carbocycles. The van der Waals surface area contributed by atoms with Crippen molar-refractivity contribution in [2.75, 3.05) is 19.6 Å². The molecule has 1 aliphatic rings. The van der Waals surface area contributed by atoms with Crippen LogP contribution in [0, 0.1) is 5.41 Å². The molecule has 1 aliphatic heterocycles. The van der Waals surface area contributed by atoms with Crippen LogP contribution in [0.2, 0.25) is 0 Å². The summed E-state index contributed by atoms with van der Waals surface area (Å²) in [5.41, 5.74) is 0.0366. The summed E-state index contributed by atoms with van der Waals surface area (Å²) in [5, 5.41) is 0. The molecule has 6 nitrogen and oxygen atoms in total. The minimum atomic E-state index is -3.63. The highest BCUT2D eigenvalue weighted by Gasteiger charge is 2.26. The molecule has 1 aromatic carbocycles. The molecular formula is C17H28N2O4S2. The van der Waals surface area contributed by atoms with E-state index in [0.717, 1.165) is 19.3 Å². The normalized spacial score (nSPS) is 17.6. The van der Waals surface area contributed by atoms with Gasteiger partial charge >= 0.3 is 0 Å². The number of hydrogen-bond acceptors (Lipinski definition) is 4. The fourth-order valence-electron chi connectivity index (χ4n) is 2.69. The minimum Gasteiger partial charge on any atom is -0.211 e. The molecule has 1 heterocycles. The van der Waals surface area contributed by atoms with Crippen molar-refractivity contribution in [3.63, 3.8) is 0 Å². The van der Waals surface area contributed by atoms with Gasteiger partial charge in [-0.1, -0.05) is 27.2 Å². The zero-order valence-corrected chi connectivity index (χ0v) is 16.8. The first kappa shape index (κ1) is 20.4. The van der Waals surface area contributed by atoms with E-state index in [2.05, 4.69) is 4.72 Å². The van der Waals surface area contributed by atoms with Crippen LogP contribution in [0.5, 0.6) is 0 Å². The third kappa shape index (κ3) is 5.51. The lowest BCUT2D eigenvalue weighted by Crippen LogP contribution is -2.35. The van der Waals surface area contributed by atoms with Crippen molar-refractivity contribution < 1.29 is 16.8 Å². The maximum atomic E-state index is 12.6. The summed E-state index contributed by atoms with van der Waals surface area (Å²) in [6, 6.07) is 5.47. The van der Waals surface area contributed by atoms with Crippen LogP contribution in [0.25, 0.3) is 0 Å². The van der Waals surface area contributed by atoms with Gasteiger partial charge in [0.05, 0.1) is 9.79 Å². The Kier molecular flexibility index (Phi) is 6.30. The minimum absolute atomic E-state index is 0.0366. The van der Waals surface area contributed by atoms with E-state index in [9.17, 15) is 16.8 Å². The number of sulfonamides is 2. The van der Waals surface area contributed by atoms with Crippen LogP contribution < -0.4 is 4.72 Å². The van der Waals surface area contributed by atoms with Gasteiger partial charge in [0.25, 0.3) is 0 Å². The summed E-state index contributed by atoms with van der Waals surface area (Å²) >= 11 is 0. The summed E-state index contributed by atoms with van der Waals surface area (Å²) in [6.07, 6.45) is 3.49. The van der Waals surface area contributed by atoms with Crippen LogP contribution in [-0.4, -0.2) is 40.8 Å². The van der Waals surface area contributed by atoms with Gasteiger partial charge in [-0.05, 0) is 48.9 Å². The summed E-state index contributed by atoms with van der Waals surface area (Å²) in [6.45, 7) is 7.53. The van der Waals surface area contributed by atoms with Crippen molar-refractivity contribution in [2.24, 2.45) is 5.41 Å². The molecule has 1 N–H and O–H groups in total. The number of benzene rings is 1. The number of nitrogens with one attached hydrogen (secondary N) is 1. The molecule has 0 unspecified atom stereocenters. The SMILES string of the molecule is CC(C)(C)CCNS(=O)(=O)c1ccc(S(=O)(=O)N2CCCCC2)cc1. The van der Waals surface area contributed by atoms with Crippen molar-refractivity contribution in [3.05, 3.63) is 24.3 Å². The van der Waals surface area contributed by atoms with Crippen LogP contribution in [0.1, 0.15) is 46.5 Å². The first-order valence-electron chi connectivity index (χ1n) is 8.62. The Bertz CT molecular complexity index is 773. The number of rotatable bonds is 6. The summed E-state index contributed by atoms with van der Waals surface area (Å²) < 4.78 is 53.8. The molecule has 142 valence electrons. The lowest BCUT2D eigenvalue weighted by atomic mass is 9.93. The molecule has 25 heavy (non-hydrogen) atoms. The van der Waals surface area contributed by atoms with Gasteiger partial charge in [-0.15, -0.1) is 0 Å². The highest BCUT2D eigenvalue weighted by molar-refractivity contribution is 7.89. The second kappa shape index (κ2) is 7.73. The first-order valence-corrected chi connectivity index (χ1v) is 11.5. The standard InChI is InChI=1S/C17H28N2O4S2/c1-17(2,3)11-12-18-24(20,21)15-7-9-16(10-8-15)25(22,23)19-13-5-4-6-14-19/h7-10,18H,4-6,11-14H2,1-3H3. The van der Waals surface area contributed by atoms with Gasteiger partial charge in [0.1, 0.15) is 0 Å². The zero-order chi connectivity index (χ0) is 18.7. The molecule has 0 aliphatic carbocycles. The van der Waals surface area contributed by atoms with Gasteiger partial charge in [-0.25, -0.2) is 21.6 Å². The largest absolute Gasteiger partial charge is 0.243 e. The van der Waals surface area contributed by atoms with Gasteiger partial charge < -0.3 is 0 Å². The van der Waals surface area contributed by atoms with Crippen LogP contribution in [0.3, 0.4) is 0 Å². The Hall–Kier alpha value is -0.960. The molecule has 8 heteroatoms. The molecule has 0 aromatic heterocycles. The van der Waals surface area contributed by atoms with Crippen molar-refractivity contribution in [1.82, 2.24) is 9.03 Å². The summed E-state index contributed by atoms with van der Waals surface area (Å²) in [4.78, 5) is 0.224. The summed E-state index contributed by atoms with van der Waals surface area (Å²) in [5.74, 6) is 0. The lowest BCUT2D eigenvalue weighted by molar-refractivity contribution is 0.346. The number of hydrogen-bond donors (Lipinski definition) is 1. The smallest absolute Gasteiger partial charge is 0.211 e. The highest BCUT2D eigenvalue weighted by Crippen LogP contribution is 2.22. The Balaban J connectivity index is 2.10. The fraction of sp³-hybridized carbons (Fsp3) is 0.647. The average molecular weight is 389 g/mol. The van der Waals surface area contributed by atoms with Crippen LogP contribution in [0.15, 0.2) is 34.1 Å². The van der Waals surface area contributed by atoms with E-state index in [1.165, 1.54) is 28.6 Å². The Morgan fingerprint density at radius 1 is 0.920 bits per heavy atom. The topological polar surface area (TPSA) is 83.5 Å². The average Bonchev–Trinajstić information content (AvgIpc) is 2.54. The van der Waals surface area contributed by atoms with Gasteiger partial charge in [-0.3, -0.25) is 0 Å². The summed E-state index contributed by atoms with van der Waals surface area (Å²) in [7, 11) is -7.17. The first-order chi connectivity index (χ1) is 11.5. The molecule has 1 saturated heterocycles. The van der Waals surface area contributed by atoms with Crippen molar-refractivity contribution in [3.8, 4) is 0 Å². The fourth-order valence-corrected chi connectivity index (χ4v) is 5.24. The molecule has 0 atom stereocenters. The van der Waals surface area contributed by atoms with E-state index in [4.69, 9.17) is 0 Å². The van der Waals surface area contributed by atoms with Crippen LogP contribution in [-0.2, 0) is 20.0 Å². The van der Waals surface area contributed by atoms with Gasteiger partial charge in [0.2, 0.25) is 20.0 Å². The van der Waals surface area contributed by atoms with E-state index in [-0.39, 0.29) is 15.2 Å². The molecule has 0 amide bonds. The number of nitrogens with zero attached hydrogens (tertiary/aromatic N) is 1. The van der Waals surface area contributed by atoms with Crippen molar-refractivity contribution in [1.29, 1.82) is 0 Å². The molecule has 1 aromatic rings. The predicted molar refractivity (Wildman–Crippen MR) is 98.3 cm³/mol. The maximum absolute atomic E-state index is 12.6. The Labute approximate surface area is 151 Å². The predicted octanol–water partition coefficient (Wildman–Crippen LogP) is 2.58. The van der Waals surface area contributed by atoms with E-state index >= 15 is 0 Å². The van der Waals surface area contributed by atoms with Gasteiger partial charge in [0, 0.05) is 19.6 Å². The second-order valence-electron chi connectivity index (χ2n) is 7.64. The molecule has 2 rings (SSSR count). The second-order valence-corrected chi connectivity index (χ2v) is 11.3. The van der Waals surface area contributed by atoms with Crippen LogP contribution in [0.4, 0.5) is 0 Å².